The van der Waals surface area contributed by atoms with Crippen LogP contribution in [0.25, 0.3) is 6.08 Å². The number of hydrogen-bond donors (Lipinski definition) is 2. The van der Waals surface area contributed by atoms with E-state index in [0.717, 1.165) is 5.69 Å². The van der Waals surface area contributed by atoms with Gasteiger partial charge in [0.2, 0.25) is 5.91 Å². The van der Waals surface area contributed by atoms with Gasteiger partial charge in [0.25, 0.3) is 0 Å². The zero-order valence-corrected chi connectivity index (χ0v) is 11.6. The number of benzene rings is 1. The summed E-state index contributed by atoms with van der Waals surface area (Å²) in [5.41, 5.74) is 1.56. The van der Waals surface area contributed by atoms with E-state index in [0.29, 0.717) is 21.4 Å². The Bertz CT molecular complexity index is 635. The van der Waals surface area contributed by atoms with Crippen molar-refractivity contribution in [3.8, 4) is 0 Å². The summed E-state index contributed by atoms with van der Waals surface area (Å²) in [7, 11) is 0. The summed E-state index contributed by atoms with van der Waals surface area (Å²) in [6, 6.07) is 6.79. The second kappa shape index (κ2) is 5.91. The van der Waals surface area contributed by atoms with E-state index in [-0.39, 0.29) is 5.91 Å². The van der Waals surface area contributed by atoms with Crippen LogP contribution in [0.15, 0.2) is 30.3 Å². The van der Waals surface area contributed by atoms with Gasteiger partial charge in [-0.25, -0.2) is 0 Å². The summed E-state index contributed by atoms with van der Waals surface area (Å²) in [4.78, 5) is 11.7. The molecule has 98 valence electrons. The van der Waals surface area contributed by atoms with Gasteiger partial charge in [-0.15, -0.1) is 0 Å². The topological polar surface area (TPSA) is 57.8 Å². The number of nitrogens with zero attached hydrogens (tertiary/aromatic N) is 1. The molecule has 0 bridgehead atoms. The molecular weight excluding hydrogens is 285 g/mol. The Hall–Kier alpha value is -1.78. The Labute approximate surface area is 120 Å². The molecule has 0 unspecified atom stereocenters. The summed E-state index contributed by atoms with van der Waals surface area (Å²) in [5, 5.41) is 10.4. The first kappa shape index (κ1) is 13.6. The normalized spacial score (nSPS) is 10.9. The Morgan fingerprint density at radius 1 is 1.37 bits per heavy atom. The predicted octanol–water partition coefficient (Wildman–Crippen LogP) is 3.68. The van der Waals surface area contributed by atoms with Crippen molar-refractivity contribution in [3.63, 3.8) is 0 Å². The number of amides is 1. The van der Waals surface area contributed by atoms with E-state index < -0.39 is 0 Å². The second-order valence-corrected chi connectivity index (χ2v) is 4.77. The van der Waals surface area contributed by atoms with Crippen LogP contribution in [0.2, 0.25) is 10.0 Å². The molecular formula is C13H11Cl2N3O. The Balaban J connectivity index is 2.05. The van der Waals surface area contributed by atoms with Gasteiger partial charge >= 0.3 is 0 Å². The summed E-state index contributed by atoms with van der Waals surface area (Å²) in [6.45, 7) is 1.85. The van der Waals surface area contributed by atoms with Crippen LogP contribution in [0.3, 0.4) is 0 Å². The van der Waals surface area contributed by atoms with Gasteiger partial charge in [0, 0.05) is 27.9 Å². The number of nitrogens with one attached hydrogen (secondary N) is 2. The van der Waals surface area contributed by atoms with Crippen LogP contribution < -0.4 is 5.32 Å². The van der Waals surface area contributed by atoms with Crippen LogP contribution in [-0.4, -0.2) is 16.1 Å². The third-order valence-electron chi connectivity index (χ3n) is 2.33. The number of hydrogen-bond acceptors (Lipinski definition) is 2. The van der Waals surface area contributed by atoms with Gasteiger partial charge in [-0.1, -0.05) is 23.2 Å². The van der Waals surface area contributed by atoms with Crippen LogP contribution in [0.4, 0.5) is 5.82 Å². The first-order valence-electron chi connectivity index (χ1n) is 5.51. The van der Waals surface area contributed by atoms with Crippen molar-refractivity contribution in [1.82, 2.24) is 10.2 Å². The van der Waals surface area contributed by atoms with Crippen LogP contribution in [0, 0.1) is 6.92 Å². The van der Waals surface area contributed by atoms with Crippen molar-refractivity contribution in [2.24, 2.45) is 0 Å². The zero-order valence-electron chi connectivity index (χ0n) is 10.1. The summed E-state index contributed by atoms with van der Waals surface area (Å²) in [6.07, 6.45) is 2.98. The average molecular weight is 296 g/mol. The molecule has 2 rings (SSSR count). The lowest BCUT2D eigenvalue weighted by Crippen LogP contribution is -2.07. The molecule has 2 aromatic rings. The fourth-order valence-corrected chi connectivity index (χ4v) is 1.82. The molecule has 4 nitrogen and oxygen atoms in total. The lowest BCUT2D eigenvalue weighted by Gasteiger charge is -1.99. The Morgan fingerprint density at radius 3 is 2.84 bits per heavy atom. The number of carbonyl (C=O) groups excluding carboxylic acids is 1. The fraction of sp³-hybridized carbons (Fsp3) is 0.0769. The SMILES string of the molecule is Cc1cc(NC(=O)C=Cc2cc(Cl)ccc2Cl)n[nH]1. The Kier molecular flexibility index (Phi) is 4.24. The first-order valence-corrected chi connectivity index (χ1v) is 6.26. The molecule has 0 aliphatic heterocycles. The monoisotopic (exact) mass is 295 g/mol. The average Bonchev–Trinajstić information content (AvgIpc) is 2.76. The van der Waals surface area contributed by atoms with Crippen molar-refractivity contribution in [1.29, 1.82) is 0 Å². The molecule has 6 heteroatoms. The number of rotatable bonds is 3. The van der Waals surface area contributed by atoms with Crippen molar-refractivity contribution in [3.05, 3.63) is 51.6 Å². The standard InChI is InChI=1S/C13H11Cl2N3O/c1-8-6-12(18-17-8)16-13(19)5-2-9-7-10(14)3-4-11(9)15/h2-7H,1H3,(H2,16,17,18,19). The molecule has 19 heavy (non-hydrogen) atoms. The van der Waals surface area contributed by atoms with Crippen LogP contribution >= 0.6 is 23.2 Å². The highest BCUT2D eigenvalue weighted by Crippen LogP contribution is 2.21. The molecule has 0 aliphatic rings. The van der Waals surface area contributed by atoms with Crippen molar-refractivity contribution in [2.75, 3.05) is 5.32 Å². The van der Waals surface area contributed by atoms with E-state index >= 15 is 0 Å². The Morgan fingerprint density at radius 2 is 2.16 bits per heavy atom. The summed E-state index contributed by atoms with van der Waals surface area (Å²) in [5.74, 6) is 0.187. The molecule has 0 radical (unpaired) electrons. The molecule has 1 heterocycles. The summed E-state index contributed by atoms with van der Waals surface area (Å²) >= 11 is 11.8. The van der Waals surface area contributed by atoms with E-state index in [2.05, 4.69) is 15.5 Å². The number of aryl methyl sites for hydroxylation is 1. The molecule has 1 aromatic heterocycles. The van der Waals surface area contributed by atoms with Gasteiger partial charge in [-0.2, -0.15) is 5.10 Å². The van der Waals surface area contributed by atoms with Gasteiger partial charge < -0.3 is 5.32 Å². The van der Waals surface area contributed by atoms with Crippen molar-refractivity contribution < 1.29 is 4.79 Å². The predicted molar refractivity (Wildman–Crippen MR) is 77.5 cm³/mol. The van der Waals surface area contributed by atoms with Crippen molar-refractivity contribution in [2.45, 2.75) is 6.92 Å². The number of halogens is 2. The van der Waals surface area contributed by atoms with E-state index in [9.17, 15) is 4.79 Å². The van der Waals surface area contributed by atoms with Crippen LogP contribution in [-0.2, 0) is 4.79 Å². The van der Waals surface area contributed by atoms with E-state index in [1.54, 1.807) is 30.3 Å². The quantitative estimate of drug-likeness (QED) is 0.849. The third kappa shape index (κ3) is 3.84. The molecule has 0 saturated carbocycles. The smallest absolute Gasteiger partial charge is 0.249 e. The molecule has 0 spiro atoms. The lowest BCUT2D eigenvalue weighted by atomic mass is 10.2. The van der Waals surface area contributed by atoms with E-state index in [1.807, 2.05) is 6.92 Å². The maximum Gasteiger partial charge on any atom is 0.249 e. The van der Waals surface area contributed by atoms with Gasteiger partial charge in [-0.05, 0) is 36.8 Å². The third-order valence-corrected chi connectivity index (χ3v) is 2.91. The minimum atomic E-state index is -0.289. The maximum atomic E-state index is 11.7. The highest BCUT2D eigenvalue weighted by Gasteiger charge is 2.02. The number of aromatic amines is 1. The fourth-order valence-electron chi connectivity index (χ4n) is 1.46. The number of carbonyl (C=O) groups is 1. The van der Waals surface area contributed by atoms with Gasteiger partial charge in [-0.3, -0.25) is 9.89 Å². The van der Waals surface area contributed by atoms with Gasteiger partial charge in [0.1, 0.15) is 0 Å². The lowest BCUT2D eigenvalue weighted by molar-refractivity contribution is -0.111. The first-order chi connectivity index (χ1) is 9.04. The highest BCUT2D eigenvalue weighted by atomic mass is 35.5. The molecule has 1 aromatic carbocycles. The van der Waals surface area contributed by atoms with Crippen LogP contribution in [0.1, 0.15) is 11.3 Å². The minimum Gasteiger partial charge on any atom is -0.306 e. The second-order valence-electron chi connectivity index (χ2n) is 3.92. The number of aromatic nitrogens is 2. The maximum absolute atomic E-state index is 11.7. The number of anilines is 1. The molecule has 0 fully saturated rings. The minimum absolute atomic E-state index is 0.289. The molecule has 2 N–H and O–H groups in total. The largest absolute Gasteiger partial charge is 0.306 e. The zero-order chi connectivity index (χ0) is 13.8. The molecule has 0 aliphatic carbocycles. The molecule has 0 saturated heterocycles. The summed E-state index contributed by atoms with van der Waals surface area (Å²) < 4.78 is 0. The van der Waals surface area contributed by atoms with Crippen LogP contribution in [0.5, 0.6) is 0 Å². The number of H-pyrrole nitrogens is 1. The van der Waals surface area contributed by atoms with Gasteiger partial charge in [0.05, 0.1) is 0 Å². The van der Waals surface area contributed by atoms with Gasteiger partial charge in [0.15, 0.2) is 5.82 Å². The molecule has 0 atom stereocenters. The molecule has 1 amide bonds. The van der Waals surface area contributed by atoms with E-state index in [1.165, 1.54) is 6.08 Å². The van der Waals surface area contributed by atoms with Crippen molar-refractivity contribution >= 4 is 41.0 Å². The highest BCUT2D eigenvalue weighted by molar-refractivity contribution is 6.34. The van der Waals surface area contributed by atoms with E-state index in [4.69, 9.17) is 23.2 Å².